The van der Waals surface area contributed by atoms with E-state index in [2.05, 4.69) is 11.0 Å². The highest BCUT2D eigenvalue weighted by atomic mass is 16.5. The van der Waals surface area contributed by atoms with E-state index in [1.54, 1.807) is 0 Å². The van der Waals surface area contributed by atoms with E-state index in [1.807, 2.05) is 48.5 Å². The third kappa shape index (κ3) is 3.52. The number of carbonyl (C=O) groups is 1. The lowest BCUT2D eigenvalue weighted by atomic mass is 9.70. The van der Waals surface area contributed by atoms with Gasteiger partial charge in [-0.15, -0.1) is 0 Å². The van der Waals surface area contributed by atoms with Crippen molar-refractivity contribution >= 4 is 5.97 Å². The smallest absolute Gasteiger partial charge is 0.311 e. The molecule has 3 atom stereocenters. The highest BCUT2D eigenvalue weighted by molar-refractivity contribution is 5.77. The van der Waals surface area contributed by atoms with Crippen molar-refractivity contribution in [3.63, 3.8) is 0 Å². The van der Waals surface area contributed by atoms with Gasteiger partial charge in [-0.2, -0.15) is 0 Å². The molecular weight excluding hydrogens is 354 g/mol. The third-order valence-electron chi connectivity index (χ3n) is 6.29. The molecule has 28 heavy (non-hydrogen) atoms. The van der Waals surface area contributed by atoms with Crippen LogP contribution < -0.4 is 4.74 Å². The number of fused-ring (bicyclic) bond motifs is 2. The van der Waals surface area contributed by atoms with Crippen molar-refractivity contribution in [2.75, 3.05) is 13.2 Å². The van der Waals surface area contributed by atoms with Gasteiger partial charge in [0.25, 0.3) is 0 Å². The quantitative estimate of drug-likeness (QED) is 0.735. The molecule has 4 rings (SSSR count). The summed E-state index contributed by atoms with van der Waals surface area (Å²) in [5, 5.41) is 19.1. The van der Waals surface area contributed by atoms with Gasteiger partial charge in [0.2, 0.25) is 0 Å². The van der Waals surface area contributed by atoms with Crippen molar-refractivity contribution in [2.45, 2.75) is 44.3 Å². The molecule has 0 aliphatic carbocycles. The molecule has 2 fully saturated rings. The minimum atomic E-state index is -0.713. The second kappa shape index (κ2) is 7.94. The topological polar surface area (TPSA) is 70.0 Å². The molecule has 2 aromatic carbocycles. The molecule has 2 heterocycles. The number of hydrogen-bond acceptors (Lipinski definition) is 4. The van der Waals surface area contributed by atoms with Gasteiger partial charge in [-0.25, -0.2) is 0 Å². The van der Waals surface area contributed by atoms with Gasteiger partial charge in [0.05, 0.1) is 12.0 Å². The second-order valence-corrected chi connectivity index (χ2v) is 7.97. The van der Waals surface area contributed by atoms with Crippen LogP contribution in [-0.4, -0.2) is 46.4 Å². The van der Waals surface area contributed by atoms with Crippen molar-refractivity contribution < 1.29 is 19.7 Å². The largest absolute Gasteiger partial charge is 0.491 e. The Labute approximate surface area is 165 Å². The number of aliphatic hydroxyl groups excluding tert-OH is 1. The van der Waals surface area contributed by atoms with Gasteiger partial charge in [-0.05, 0) is 48.9 Å². The molecule has 0 unspecified atom stereocenters. The summed E-state index contributed by atoms with van der Waals surface area (Å²) in [6.45, 7) is 0.994. The number of benzene rings is 2. The summed E-state index contributed by atoms with van der Waals surface area (Å²) in [5.74, 6) is 0.0699. The summed E-state index contributed by atoms with van der Waals surface area (Å²) in [4.78, 5) is 14.8. The van der Waals surface area contributed by atoms with E-state index in [0.29, 0.717) is 18.9 Å². The molecular formula is C23H27NO4. The molecule has 148 valence electrons. The number of rotatable bonds is 8. The standard InChI is InChI=1S/C23H27NO4/c25-11-12-28-20-8-4-7-18(13-20)16-24-19-9-10-21(24)23(15-19,22(26)27)14-17-5-2-1-3-6-17/h1-8,13,19,21,25H,9-12,14-16H2,(H,26,27)/t19-,21+,23+/m0/s1. The summed E-state index contributed by atoms with van der Waals surface area (Å²) < 4.78 is 5.53. The van der Waals surface area contributed by atoms with E-state index in [1.165, 1.54) is 0 Å². The zero-order valence-electron chi connectivity index (χ0n) is 16.0. The van der Waals surface area contributed by atoms with Crippen LogP contribution in [0.1, 0.15) is 30.4 Å². The SMILES string of the molecule is O=C(O)[C@]1(Cc2ccccc2)C[C@@H]2CC[C@H]1N2Cc1cccc(OCCO)c1. The van der Waals surface area contributed by atoms with Crippen molar-refractivity contribution in [2.24, 2.45) is 5.41 Å². The average Bonchev–Trinajstić information content (AvgIpc) is 3.22. The first kappa shape index (κ1) is 19.0. The number of carboxylic acids is 1. The van der Waals surface area contributed by atoms with Crippen LogP contribution in [0, 0.1) is 5.41 Å². The lowest BCUT2D eigenvalue weighted by Crippen LogP contribution is -2.45. The summed E-state index contributed by atoms with van der Waals surface area (Å²) in [6, 6.07) is 18.2. The second-order valence-electron chi connectivity index (χ2n) is 7.97. The normalized spacial score (nSPS) is 26.5. The summed E-state index contributed by atoms with van der Waals surface area (Å²) in [7, 11) is 0. The lowest BCUT2D eigenvalue weighted by Gasteiger charge is -2.34. The van der Waals surface area contributed by atoms with Gasteiger partial charge in [0.15, 0.2) is 0 Å². The fourth-order valence-electron chi connectivity index (χ4n) is 5.11. The van der Waals surface area contributed by atoms with Crippen LogP contribution in [0.15, 0.2) is 54.6 Å². The van der Waals surface area contributed by atoms with Crippen LogP contribution in [0.4, 0.5) is 0 Å². The van der Waals surface area contributed by atoms with Crippen molar-refractivity contribution in [1.29, 1.82) is 0 Å². The molecule has 0 amide bonds. The Balaban J connectivity index is 1.54. The summed E-state index contributed by atoms with van der Waals surface area (Å²) in [6.07, 6.45) is 3.29. The predicted molar refractivity (Wildman–Crippen MR) is 106 cm³/mol. The number of carboxylic acid groups (broad SMARTS) is 1. The van der Waals surface area contributed by atoms with Gasteiger partial charge in [0, 0.05) is 18.6 Å². The maximum Gasteiger partial charge on any atom is 0.311 e. The van der Waals surface area contributed by atoms with Gasteiger partial charge < -0.3 is 14.9 Å². The van der Waals surface area contributed by atoms with Gasteiger partial charge >= 0.3 is 5.97 Å². The molecule has 0 spiro atoms. The van der Waals surface area contributed by atoms with Crippen LogP contribution in [0.3, 0.4) is 0 Å². The minimum absolute atomic E-state index is 0.0128. The molecule has 5 heteroatoms. The number of aliphatic hydroxyl groups is 1. The zero-order valence-corrected chi connectivity index (χ0v) is 16.0. The summed E-state index contributed by atoms with van der Waals surface area (Å²) in [5.41, 5.74) is 1.50. The van der Waals surface area contributed by atoms with E-state index >= 15 is 0 Å². The Morgan fingerprint density at radius 2 is 1.89 bits per heavy atom. The first-order valence-electron chi connectivity index (χ1n) is 9.98. The van der Waals surface area contributed by atoms with Crippen LogP contribution in [0.25, 0.3) is 0 Å². The third-order valence-corrected chi connectivity index (χ3v) is 6.29. The predicted octanol–water partition coefficient (Wildman–Crippen LogP) is 3.11. The highest BCUT2D eigenvalue weighted by Crippen LogP contribution is 2.52. The highest BCUT2D eigenvalue weighted by Gasteiger charge is 2.59. The van der Waals surface area contributed by atoms with Crippen LogP contribution in [0.2, 0.25) is 0 Å². The zero-order chi connectivity index (χ0) is 19.6. The maximum atomic E-state index is 12.4. The molecule has 0 radical (unpaired) electrons. The Morgan fingerprint density at radius 1 is 1.11 bits per heavy atom. The lowest BCUT2D eigenvalue weighted by molar-refractivity contribution is -0.151. The van der Waals surface area contributed by atoms with Crippen molar-refractivity contribution in [3.05, 3.63) is 65.7 Å². The molecule has 0 saturated carbocycles. The maximum absolute atomic E-state index is 12.4. The van der Waals surface area contributed by atoms with E-state index in [0.717, 1.165) is 36.3 Å². The Morgan fingerprint density at radius 3 is 2.64 bits per heavy atom. The first-order chi connectivity index (χ1) is 13.6. The van der Waals surface area contributed by atoms with E-state index < -0.39 is 11.4 Å². The molecule has 2 aliphatic rings. The van der Waals surface area contributed by atoms with E-state index in [9.17, 15) is 9.90 Å². The van der Waals surface area contributed by atoms with Crippen molar-refractivity contribution in [1.82, 2.24) is 4.90 Å². The monoisotopic (exact) mass is 381 g/mol. The molecule has 2 N–H and O–H groups in total. The number of aliphatic carboxylic acids is 1. The number of hydrogen-bond donors (Lipinski definition) is 2. The fourth-order valence-corrected chi connectivity index (χ4v) is 5.11. The van der Waals surface area contributed by atoms with Crippen LogP contribution in [-0.2, 0) is 17.8 Å². The first-order valence-corrected chi connectivity index (χ1v) is 9.98. The van der Waals surface area contributed by atoms with Crippen molar-refractivity contribution in [3.8, 4) is 5.75 Å². The molecule has 2 bridgehead atoms. The van der Waals surface area contributed by atoms with Crippen LogP contribution >= 0.6 is 0 Å². The van der Waals surface area contributed by atoms with Crippen LogP contribution in [0.5, 0.6) is 5.75 Å². The van der Waals surface area contributed by atoms with E-state index in [4.69, 9.17) is 9.84 Å². The minimum Gasteiger partial charge on any atom is -0.491 e. The number of ether oxygens (including phenoxy) is 1. The van der Waals surface area contributed by atoms with Gasteiger partial charge in [0.1, 0.15) is 12.4 Å². The molecule has 2 aromatic rings. The van der Waals surface area contributed by atoms with Gasteiger partial charge in [-0.3, -0.25) is 9.69 Å². The molecule has 2 saturated heterocycles. The Bertz CT molecular complexity index is 824. The average molecular weight is 381 g/mol. The Kier molecular flexibility index (Phi) is 5.38. The number of nitrogens with zero attached hydrogens (tertiary/aromatic N) is 1. The Hall–Kier alpha value is -2.37. The summed E-state index contributed by atoms with van der Waals surface area (Å²) >= 11 is 0. The molecule has 0 aromatic heterocycles. The molecule has 2 aliphatic heterocycles. The molecule has 5 nitrogen and oxygen atoms in total. The fraction of sp³-hybridized carbons (Fsp3) is 0.435. The van der Waals surface area contributed by atoms with Gasteiger partial charge in [-0.1, -0.05) is 42.5 Å². The van der Waals surface area contributed by atoms with E-state index in [-0.39, 0.29) is 19.3 Å².